The summed E-state index contributed by atoms with van der Waals surface area (Å²) in [5.74, 6) is 0.455. The number of anilines is 1. The highest BCUT2D eigenvalue weighted by molar-refractivity contribution is 7.15. The van der Waals surface area contributed by atoms with Crippen LogP contribution in [-0.2, 0) is 17.8 Å². The Balaban J connectivity index is 1.63. The van der Waals surface area contributed by atoms with Gasteiger partial charge in [-0.3, -0.25) is 15.0 Å². The highest BCUT2D eigenvalue weighted by Gasteiger charge is 2.22. The van der Waals surface area contributed by atoms with E-state index >= 15 is 0 Å². The summed E-state index contributed by atoms with van der Waals surface area (Å²) in [5.41, 5.74) is 2.00. The molecule has 3 rings (SSSR count). The molecule has 1 aromatic heterocycles. The highest BCUT2D eigenvalue weighted by Crippen LogP contribution is 2.28. The molecule has 0 fully saturated rings. The van der Waals surface area contributed by atoms with Crippen LogP contribution in [0.1, 0.15) is 30.0 Å². The van der Waals surface area contributed by atoms with Gasteiger partial charge in [0, 0.05) is 29.4 Å². The summed E-state index contributed by atoms with van der Waals surface area (Å²) in [6.45, 7) is 8.76. The minimum atomic E-state index is -0.618. The molecule has 1 amide bonds. The monoisotopic (exact) mass is 379 g/mol. The Labute approximate surface area is 157 Å². The van der Waals surface area contributed by atoms with E-state index < -0.39 is 6.10 Å². The van der Waals surface area contributed by atoms with Crippen molar-refractivity contribution in [3.63, 3.8) is 0 Å². The van der Waals surface area contributed by atoms with Gasteiger partial charge in [0.1, 0.15) is 5.75 Å². The van der Waals surface area contributed by atoms with Crippen molar-refractivity contribution in [2.75, 3.05) is 18.4 Å². The number of rotatable bonds is 5. The van der Waals surface area contributed by atoms with Gasteiger partial charge in [0.15, 0.2) is 11.2 Å². The zero-order chi connectivity index (χ0) is 18.0. The zero-order valence-electron chi connectivity index (χ0n) is 14.6. The number of fused-ring (bicyclic) bond motifs is 1. The standard InChI is InChI=1S/C18H22ClN3O2S/c1-4-22-8-7-14-16(10-22)25-18(20-14)21-17(23)12(3)24-15-6-5-13(19)9-11(15)2/h5-6,9,12H,4,7-8,10H2,1-3H3,(H,20,21,23). The van der Waals surface area contributed by atoms with E-state index in [-0.39, 0.29) is 5.91 Å². The van der Waals surface area contributed by atoms with Crippen LogP contribution in [0.2, 0.25) is 5.02 Å². The molecular weight excluding hydrogens is 358 g/mol. The molecule has 0 aliphatic carbocycles. The van der Waals surface area contributed by atoms with E-state index in [2.05, 4.69) is 22.1 Å². The second kappa shape index (κ2) is 7.72. The first-order chi connectivity index (χ1) is 12.0. The van der Waals surface area contributed by atoms with Crippen molar-refractivity contribution in [3.8, 4) is 5.75 Å². The topological polar surface area (TPSA) is 54.5 Å². The van der Waals surface area contributed by atoms with Crippen LogP contribution in [0.4, 0.5) is 5.13 Å². The third kappa shape index (κ3) is 4.32. The number of carbonyl (C=O) groups is 1. The van der Waals surface area contributed by atoms with Gasteiger partial charge in [0.05, 0.1) is 5.69 Å². The van der Waals surface area contributed by atoms with Crippen LogP contribution in [0.3, 0.4) is 0 Å². The van der Waals surface area contributed by atoms with Gasteiger partial charge in [-0.15, -0.1) is 11.3 Å². The van der Waals surface area contributed by atoms with Crippen LogP contribution < -0.4 is 10.1 Å². The molecule has 1 N–H and O–H groups in total. The number of carbonyl (C=O) groups excluding carboxylic acids is 1. The molecule has 1 aromatic carbocycles. The molecule has 0 saturated heterocycles. The fourth-order valence-corrected chi connectivity index (χ4v) is 4.05. The smallest absolute Gasteiger partial charge is 0.266 e. The molecule has 25 heavy (non-hydrogen) atoms. The molecule has 1 unspecified atom stereocenters. The Morgan fingerprint density at radius 1 is 1.52 bits per heavy atom. The zero-order valence-corrected chi connectivity index (χ0v) is 16.2. The van der Waals surface area contributed by atoms with E-state index in [4.69, 9.17) is 16.3 Å². The number of hydrogen-bond acceptors (Lipinski definition) is 5. The Kier molecular flexibility index (Phi) is 5.61. The maximum absolute atomic E-state index is 12.4. The van der Waals surface area contributed by atoms with E-state index in [1.54, 1.807) is 30.4 Å². The third-order valence-electron chi connectivity index (χ3n) is 4.30. The minimum Gasteiger partial charge on any atom is -0.481 e. The summed E-state index contributed by atoms with van der Waals surface area (Å²) >= 11 is 7.50. The molecule has 0 bridgehead atoms. The number of halogens is 1. The SMILES string of the molecule is CCN1CCc2nc(NC(=O)C(C)Oc3ccc(Cl)cc3C)sc2C1. The van der Waals surface area contributed by atoms with Crippen molar-refractivity contribution in [1.82, 2.24) is 9.88 Å². The number of nitrogens with one attached hydrogen (secondary N) is 1. The molecular formula is C18H22ClN3O2S. The van der Waals surface area contributed by atoms with Crippen LogP contribution in [-0.4, -0.2) is 35.0 Å². The predicted molar refractivity (Wildman–Crippen MR) is 102 cm³/mol. The molecule has 1 atom stereocenters. The highest BCUT2D eigenvalue weighted by atomic mass is 35.5. The lowest BCUT2D eigenvalue weighted by Gasteiger charge is -2.23. The molecule has 2 aromatic rings. The van der Waals surface area contributed by atoms with Gasteiger partial charge in [-0.05, 0) is 44.2 Å². The fraction of sp³-hybridized carbons (Fsp3) is 0.444. The summed E-state index contributed by atoms with van der Waals surface area (Å²) in [5, 5.41) is 4.18. The first-order valence-electron chi connectivity index (χ1n) is 8.41. The molecule has 5 nitrogen and oxygen atoms in total. The van der Waals surface area contributed by atoms with Crippen LogP contribution in [0, 0.1) is 6.92 Å². The van der Waals surface area contributed by atoms with Gasteiger partial charge in [0.2, 0.25) is 0 Å². The molecule has 1 aliphatic heterocycles. The van der Waals surface area contributed by atoms with E-state index in [0.717, 1.165) is 37.3 Å². The number of aryl methyl sites for hydroxylation is 1. The average Bonchev–Trinajstić information content (AvgIpc) is 2.98. The van der Waals surface area contributed by atoms with Gasteiger partial charge >= 0.3 is 0 Å². The van der Waals surface area contributed by atoms with Gasteiger partial charge in [-0.2, -0.15) is 0 Å². The van der Waals surface area contributed by atoms with Gasteiger partial charge in [-0.25, -0.2) is 4.98 Å². The van der Waals surface area contributed by atoms with Crippen LogP contribution in [0.5, 0.6) is 5.75 Å². The van der Waals surface area contributed by atoms with Gasteiger partial charge < -0.3 is 4.74 Å². The van der Waals surface area contributed by atoms with Crippen LogP contribution >= 0.6 is 22.9 Å². The third-order valence-corrected chi connectivity index (χ3v) is 5.53. The summed E-state index contributed by atoms with van der Waals surface area (Å²) in [4.78, 5) is 20.6. The maximum Gasteiger partial charge on any atom is 0.266 e. The van der Waals surface area contributed by atoms with Gasteiger partial charge in [-0.1, -0.05) is 18.5 Å². The lowest BCUT2D eigenvalue weighted by Crippen LogP contribution is -2.30. The number of nitrogens with zero attached hydrogens (tertiary/aromatic N) is 2. The van der Waals surface area contributed by atoms with E-state index in [0.29, 0.717) is 15.9 Å². The Morgan fingerprint density at radius 3 is 3.04 bits per heavy atom. The van der Waals surface area contributed by atoms with Crippen molar-refractivity contribution in [2.24, 2.45) is 0 Å². The summed E-state index contributed by atoms with van der Waals surface area (Å²) in [6.07, 6.45) is 0.318. The normalized spacial score (nSPS) is 15.5. The molecule has 0 saturated carbocycles. The van der Waals surface area contributed by atoms with Crippen LogP contribution in [0.15, 0.2) is 18.2 Å². The van der Waals surface area contributed by atoms with E-state index in [9.17, 15) is 4.79 Å². The quantitative estimate of drug-likeness (QED) is 0.856. The Bertz CT molecular complexity index is 778. The number of likely N-dealkylation sites (N-methyl/N-ethyl adjacent to an activating group) is 1. The molecule has 2 heterocycles. The van der Waals surface area contributed by atoms with Crippen molar-refractivity contribution in [1.29, 1.82) is 0 Å². The molecule has 134 valence electrons. The second-order valence-electron chi connectivity index (χ2n) is 6.17. The maximum atomic E-state index is 12.4. The summed E-state index contributed by atoms with van der Waals surface area (Å²) in [7, 11) is 0. The van der Waals surface area contributed by atoms with Crippen LogP contribution in [0.25, 0.3) is 0 Å². The summed E-state index contributed by atoms with van der Waals surface area (Å²) in [6, 6.07) is 5.35. The minimum absolute atomic E-state index is 0.201. The largest absolute Gasteiger partial charge is 0.481 e. The number of ether oxygens (including phenoxy) is 1. The predicted octanol–water partition coefficient (Wildman–Crippen LogP) is 3.89. The molecule has 0 spiro atoms. The van der Waals surface area contributed by atoms with Gasteiger partial charge in [0.25, 0.3) is 5.91 Å². The van der Waals surface area contributed by atoms with E-state index in [1.165, 1.54) is 4.88 Å². The molecule has 7 heteroatoms. The summed E-state index contributed by atoms with van der Waals surface area (Å²) < 4.78 is 5.77. The Hall–Kier alpha value is -1.63. The van der Waals surface area contributed by atoms with Crippen molar-refractivity contribution in [3.05, 3.63) is 39.4 Å². The number of thiazole rings is 1. The van der Waals surface area contributed by atoms with E-state index in [1.807, 2.05) is 13.0 Å². The number of amides is 1. The first kappa shape index (κ1) is 18.2. The number of benzene rings is 1. The van der Waals surface area contributed by atoms with Crippen molar-refractivity contribution >= 4 is 34.0 Å². The lowest BCUT2D eigenvalue weighted by molar-refractivity contribution is -0.122. The average molecular weight is 380 g/mol. The second-order valence-corrected chi connectivity index (χ2v) is 7.69. The number of aromatic nitrogens is 1. The molecule has 0 radical (unpaired) electrons. The lowest BCUT2D eigenvalue weighted by atomic mass is 10.2. The first-order valence-corrected chi connectivity index (χ1v) is 9.60. The van der Waals surface area contributed by atoms with Crippen molar-refractivity contribution < 1.29 is 9.53 Å². The fourth-order valence-electron chi connectivity index (χ4n) is 2.77. The Morgan fingerprint density at radius 2 is 2.32 bits per heavy atom. The molecule has 1 aliphatic rings. The van der Waals surface area contributed by atoms with Crippen molar-refractivity contribution in [2.45, 2.75) is 39.8 Å². The number of hydrogen-bond donors (Lipinski definition) is 1.